The Morgan fingerprint density at radius 1 is 1.04 bits per heavy atom. The Morgan fingerprint density at radius 2 is 1.70 bits per heavy atom. The summed E-state index contributed by atoms with van der Waals surface area (Å²) in [4.78, 5) is 28.0. The molecule has 0 spiro atoms. The highest BCUT2D eigenvalue weighted by molar-refractivity contribution is 5.81. The summed E-state index contributed by atoms with van der Waals surface area (Å²) in [6.07, 6.45) is 5.79. The molecule has 8 nitrogen and oxygen atoms in total. The first-order valence-corrected chi connectivity index (χ1v) is 10.1. The fraction of sp³-hybridized carbons (Fsp3) is 0.842. The fourth-order valence-electron chi connectivity index (χ4n) is 2.82. The van der Waals surface area contributed by atoms with Crippen LogP contribution in [-0.4, -0.2) is 55.8 Å². The van der Waals surface area contributed by atoms with Crippen LogP contribution in [0, 0.1) is 0 Å². The van der Waals surface area contributed by atoms with Crippen LogP contribution in [-0.2, 0) is 9.53 Å². The van der Waals surface area contributed by atoms with Gasteiger partial charge in [0.1, 0.15) is 5.60 Å². The molecule has 1 saturated carbocycles. The molecule has 0 unspecified atom stereocenters. The molecule has 0 bridgehead atoms. The Morgan fingerprint density at radius 3 is 2.33 bits per heavy atom. The highest BCUT2D eigenvalue weighted by Gasteiger charge is 2.16. The average Bonchev–Trinajstić information content (AvgIpc) is 2.58. The second-order valence-electron chi connectivity index (χ2n) is 7.77. The fourth-order valence-corrected chi connectivity index (χ4v) is 2.82. The first-order valence-electron chi connectivity index (χ1n) is 10.1. The highest BCUT2D eigenvalue weighted by Crippen LogP contribution is 2.17. The number of carbonyl (C=O) groups is 2. The molecule has 8 heteroatoms. The topological polar surface area (TPSA) is 104 Å². The number of hydrogen-bond acceptors (Lipinski definition) is 4. The first-order chi connectivity index (χ1) is 12.8. The van der Waals surface area contributed by atoms with Gasteiger partial charge in [-0.25, -0.2) is 4.79 Å². The van der Waals surface area contributed by atoms with Gasteiger partial charge in [-0.1, -0.05) is 19.3 Å². The minimum atomic E-state index is -0.508. The molecular formula is C19H37N5O3. The monoisotopic (exact) mass is 383 g/mol. The lowest BCUT2D eigenvalue weighted by Crippen LogP contribution is -2.42. The van der Waals surface area contributed by atoms with Crippen LogP contribution in [0.1, 0.15) is 66.2 Å². The van der Waals surface area contributed by atoms with Crippen LogP contribution in [0.5, 0.6) is 0 Å². The molecule has 0 atom stereocenters. The molecule has 0 saturated heterocycles. The second-order valence-corrected chi connectivity index (χ2v) is 7.77. The van der Waals surface area contributed by atoms with Crippen molar-refractivity contribution in [2.75, 3.05) is 26.2 Å². The van der Waals surface area contributed by atoms with E-state index in [1.165, 1.54) is 19.3 Å². The summed E-state index contributed by atoms with van der Waals surface area (Å²) in [5.41, 5.74) is -0.508. The Hall–Kier alpha value is -1.99. The number of carbonyl (C=O) groups excluding carboxylic acids is 2. The van der Waals surface area contributed by atoms with Crippen LogP contribution in [0.4, 0.5) is 4.79 Å². The van der Waals surface area contributed by atoms with Gasteiger partial charge in [-0.3, -0.25) is 9.79 Å². The number of amides is 2. The Balaban J connectivity index is 2.24. The summed E-state index contributed by atoms with van der Waals surface area (Å²) in [5.74, 6) is 0.696. The Kier molecular flexibility index (Phi) is 10.6. The smallest absolute Gasteiger partial charge is 0.407 e. The number of nitrogens with zero attached hydrogens (tertiary/aromatic N) is 1. The largest absolute Gasteiger partial charge is 0.444 e. The summed E-state index contributed by atoms with van der Waals surface area (Å²) >= 11 is 0. The summed E-state index contributed by atoms with van der Waals surface area (Å²) in [6, 6.07) is 0.334. The van der Waals surface area contributed by atoms with Crippen LogP contribution in [0.3, 0.4) is 0 Å². The van der Waals surface area contributed by atoms with Gasteiger partial charge >= 0.3 is 6.09 Å². The molecule has 0 radical (unpaired) electrons. The van der Waals surface area contributed by atoms with E-state index in [1.807, 2.05) is 27.7 Å². The molecule has 27 heavy (non-hydrogen) atoms. The third-order valence-corrected chi connectivity index (χ3v) is 4.01. The van der Waals surface area contributed by atoms with Crippen molar-refractivity contribution < 1.29 is 14.3 Å². The third-order valence-electron chi connectivity index (χ3n) is 4.01. The first kappa shape index (κ1) is 23.0. The highest BCUT2D eigenvalue weighted by atomic mass is 16.6. The number of guanidine groups is 1. The van der Waals surface area contributed by atoms with Crippen molar-refractivity contribution in [2.24, 2.45) is 4.99 Å². The minimum absolute atomic E-state index is 0.0630. The lowest BCUT2D eigenvalue weighted by molar-refractivity contribution is -0.121. The maximum Gasteiger partial charge on any atom is 0.407 e. The zero-order chi connectivity index (χ0) is 20.1. The lowest BCUT2D eigenvalue weighted by atomic mass is 9.95. The van der Waals surface area contributed by atoms with Crippen molar-refractivity contribution in [1.82, 2.24) is 21.3 Å². The van der Waals surface area contributed by atoms with Crippen LogP contribution in [0.25, 0.3) is 0 Å². The van der Waals surface area contributed by atoms with Crippen molar-refractivity contribution >= 4 is 18.0 Å². The molecule has 0 aromatic heterocycles. The van der Waals surface area contributed by atoms with Gasteiger partial charge in [-0.2, -0.15) is 0 Å². The molecule has 1 fully saturated rings. The number of alkyl carbamates (subject to hydrolysis) is 1. The van der Waals surface area contributed by atoms with E-state index in [-0.39, 0.29) is 5.91 Å². The molecule has 1 aliphatic rings. The third kappa shape index (κ3) is 12.1. The number of hydrogen-bond donors (Lipinski definition) is 4. The number of nitrogens with one attached hydrogen (secondary N) is 4. The van der Waals surface area contributed by atoms with Gasteiger partial charge < -0.3 is 26.0 Å². The van der Waals surface area contributed by atoms with E-state index in [2.05, 4.69) is 26.3 Å². The standard InChI is InChI=1S/C19H37N5O3/c1-5-20-17(22-13-14-23-18(26)27-19(2,3)4)21-12-11-16(25)24-15-9-7-6-8-10-15/h15H,5-14H2,1-4H3,(H,23,26)(H,24,25)(H2,20,21,22). The maximum absolute atomic E-state index is 12.0. The Bertz CT molecular complexity index is 482. The molecule has 0 heterocycles. The summed E-state index contributed by atoms with van der Waals surface area (Å²) < 4.78 is 5.18. The molecule has 0 aromatic carbocycles. The maximum atomic E-state index is 12.0. The SMILES string of the molecule is CCNC(=NCCC(=O)NC1CCCCC1)NCCNC(=O)OC(C)(C)C. The predicted octanol–water partition coefficient (Wildman–Crippen LogP) is 1.91. The molecule has 0 aromatic rings. The van der Waals surface area contributed by atoms with E-state index in [9.17, 15) is 9.59 Å². The van der Waals surface area contributed by atoms with E-state index in [0.717, 1.165) is 19.4 Å². The van der Waals surface area contributed by atoms with Gasteiger partial charge in [0.15, 0.2) is 5.96 Å². The molecule has 1 aliphatic carbocycles. The second kappa shape index (κ2) is 12.4. The molecule has 2 amide bonds. The zero-order valence-corrected chi connectivity index (χ0v) is 17.3. The molecule has 156 valence electrons. The molecule has 0 aliphatic heterocycles. The van der Waals surface area contributed by atoms with Crippen molar-refractivity contribution in [3.8, 4) is 0 Å². The summed E-state index contributed by atoms with van der Waals surface area (Å²) in [6.45, 7) is 9.53. The molecular weight excluding hydrogens is 346 g/mol. The quantitative estimate of drug-likeness (QED) is 0.291. The van der Waals surface area contributed by atoms with E-state index in [1.54, 1.807) is 0 Å². The Labute approximate surface area is 163 Å². The number of aliphatic imine (C=N–C) groups is 1. The van der Waals surface area contributed by atoms with E-state index < -0.39 is 11.7 Å². The van der Waals surface area contributed by atoms with Gasteiger partial charge in [0.2, 0.25) is 5.91 Å². The average molecular weight is 384 g/mol. The molecule has 4 N–H and O–H groups in total. The van der Waals surface area contributed by atoms with Gasteiger partial charge in [0.05, 0.1) is 6.54 Å². The van der Waals surface area contributed by atoms with E-state index in [0.29, 0.717) is 38.1 Å². The van der Waals surface area contributed by atoms with Gasteiger partial charge in [-0.15, -0.1) is 0 Å². The van der Waals surface area contributed by atoms with Gasteiger partial charge in [-0.05, 0) is 40.5 Å². The van der Waals surface area contributed by atoms with Crippen molar-refractivity contribution in [3.63, 3.8) is 0 Å². The zero-order valence-electron chi connectivity index (χ0n) is 17.3. The van der Waals surface area contributed by atoms with Crippen LogP contribution >= 0.6 is 0 Å². The molecule has 1 rings (SSSR count). The lowest BCUT2D eigenvalue weighted by Gasteiger charge is -2.22. The van der Waals surface area contributed by atoms with Crippen LogP contribution in [0.15, 0.2) is 4.99 Å². The van der Waals surface area contributed by atoms with Gasteiger partial charge in [0, 0.05) is 32.1 Å². The van der Waals surface area contributed by atoms with Crippen molar-refractivity contribution in [3.05, 3.63) is 0 Å². The summed E-state index contributed by atoms with van der Waals surface area (Å²) in [7, 11) is 0. The summed E-state index contributed by atoms with van der Waals surface area (Å²) in [5, 5.41) is 12.0. The van der Waals surface area contributed by atoms with Gasteiger partial charge in [0.25, 0.3) is 0 Å². The van der Waals surface area contributed by atoms with Crippen LogP contribution in [0.2, 0.25) is 0 Å². The van der Waals surface area contributed by atoms with E-state index in [4.69, 9.17) is 4.74 Å². The minimum Gasteiger partial charge on any atom is -0.444 e. The van der Waals surface area contributed by atoms with E-state index >= 15 is 0 Å². The van der Waals surface area contributed by atoms with Crippen molar-refractivity contribution in [2.45, 2.75) is 77.9 Å². The number of rotatable bonds is 8. The van der Waals surface area contributed by atoms with Crippen LogP contribution < -0.4 is 21.3 Å². The predicted molar refractivity (Wildman–Crippen MR) is 108 cm³/mol. The number of ether oxygens (including phenoxy) is 1. The normalized spacial score (nSPS) is 15.8. The van der Waals surface area contributed by atoms with Crippen molar-refractivity contribution in [1.29, 1.82) is 0 Å².